The van der Waals surface area contributed by atoms with Gasteiger partial charge in [0.1, 0.15) is 0 Å². The first-order valence-electron chi connectivity index (χ1n) is 6.93. The molecule has 21 heavy (non-hydrogen) atoms. The number of hydrogen-bond acceptors (Lipinski definition) is 5. The van der Waals surface area contributed by atoms with Crippen LogP contribution in [-0.4, -0.2) is 64.9 Å². The fraction of sp³-hybridized carbons (Fsp3) is 0.769. The summed E-state index contributed by atoms with van der Waals surface area (Å²) in [4.78, 5) is 35.8. The molecule has 0 saturated carbocycles. The Bertz CT molecular complexity index is 409. The lowest BCUT2D eigenvalue weighted by molar-refractivity contribution is -0.155. The number of esters is 1. The normalized spacial score (nSPS) is 21.3. The first kappa shape index (κ1) is 17.2. The summed E-state index contributed by atoms with van der Waals surface area (Å²) >= 11 is 0. The maximum atomic E-state index is 12.0. The number of urea groups is 1. The minimum absolute atomic E-state index is 0.236. The number of amides is 2. The zero-order valence-corrected chi connectivity index (χ0v) is 12.3. The molecule has 0 bridgehead atoms. The third-order valence-electron chi connectivity index (χ3n) is 3.37. The van der Waals surface area contributed by atoms with Crippen LogP contribution in [0.5, 0.6) is 0 Å². The van der Waals surface area contributed by atoms with Gasteiger partial charge in [-0.15, -0.1) is 0 Å². The molecule has 1 saturated heterocycles. The van der Waals surface area contributed by atoms with Gasteiger partial charge in [-0.2, -0.15) is 0 Å². The third kappa shape index (κ3) is 4.89. The van der Waals surface area contributed by atoms with E-state index in [1.54, 1.807) is 6.92 Å². The number of hydrogen-bond donors (Lipinski definition) is 3. The van der Waals surface area contributed by atoms with Gasteiger partial charge in [0.25, 0.3) is 0 Å². The number of likely N-dealkylation sites (tertiary alicyclic amines) is 1. The van der Waals surface area contributed by atoms with Gasteiger partial charge in [0.05, 0.1) is 19.1 Å². The molecule has 8 nitrogen and oxygen atoms in total. The number of nitrogens with zero attached hydrogens (tertiary/aromatic N) is 1. The Morgan fingerprint density at radius 1 is 1.43 bits per heavy atom. The molecule has 1 aliphatic heterocycles. The lowest BCUT2D eigenvalue weighted by Crippen LogP contribution is -2.52. The van der Waals surface area contributed by atoms with Crippen molar-refractivity contribution in [2.45, 2.75) is 32.3 Å². The third-order valence-corrected chi connectivity index (χ3v) is 3.37. The monoisotopic (exact) mass is 302 g/mol. The number of rotatable bonds is 5. The summed E-state index contributed by atoms with van der Waals surface area (Å²) in [5, 5.41) is 20.7. The van der Waals surface area contributed by atoms with Crippen molar-refractivity contribution in [3.63, 3.8) is 0 Å². The Kier molecular flexibility index (Phi) is 5.95. The van der Waals surface area contributed by atoms with E-state index in [1.807, 2.05) is 0 Å². The Labute approximate surface area is 123 Å². The zero-order chi connectivity index (χ0) is 16.0. The number of ether oxygens (including phenoxy) is 1. The molecule has 1 heterocycles. The summed E-state index contributed by atoms with van der Waals surface area (Å²) < 4.78 is 4.94. The fourth-order valence-electron chi connectivity index (χ4n) is 2.05. The van der Waals surface area contributed by atoms with E-state index >= 15 is 0 Å². The molecular weight excluding hydrogens is 280 g/mol. The van der Waals surface area contributed by atoms with E-state index < -0.39 is 24.1 Å². The van der Waals surface area contributed by atoms with E-state index in [-0.39, 0.29) is 18.4 Å². The van der Waals surface area contributed by atoms with Crippen LogP contribution in [-0.2, 0) is 14.3 Å². The highest BCUT2D eigenvalue weighted by Gasteiger charge is 2.33. The molecule has 0 aromatic heterocycles. The molecule has 2 amide bonds. The highest BCUT2D eigenvalue weighted by Crippen LogP contribution is 2.18. The number of piperidine rings is 1. The molecule has 120 valence electrons. The highest BCUT2D eigenvalue weighted by molar-refractivity contribution is 5.80. The minimum atomic E-state index is -2.02. The highest BCUT2D eigenvalue weighted by atomic mass is 16.5. The molecule has 8 heteroatoms. The number of carboxylic acid groups (broad SMARTS) is 1. The van der Waals surface area contributed by atoms with Crippen LogP contribution in [0.3, 0.4) is 0 Å². The molecule has 2 unspecified atom stereocenters. The van der Waals surface area contributed by atoms with Crippen LogP contribution in [0.15, 0.2) is 0 Å². The summed E-state index contributed by atoms with van der Waals surface area (Å²) in [5.74, 6) is -2.09. The molecular formula is C13H22N2O6. The number of carbonyl (C=O) groups is 3. The summed E-state index contributed by atoms with van der Waals surface area (Å²) in [6.45, 7) is 3.44. The second-order valence-electron chi connectivity index (χ2n) is 5.27. The van der Waals surface area contributed by atoms with E-state index in [0.29, 0.717) is 26.0 Å². The van der Waals surface area contributed by atoms with Crippen LogP contribution in [0, 0.1) is 5.92 Å². The predicted octanol–water partition coefficient (Wildman–Crippen LogP) is -0.193. The van der Waals surface area contributed by atoms with Crippen LogP contribution in [0.25, 0.3) is 0 Å². The van der Waals surface area contributed by atoms with Gasteiger partial charge in [0, 0.05) is 13.1 Å². The molecule has 1 aliphatic rings. The maximum absolute atomic E-state index is 12.0. The second-order valence-corrected chi connectivity index (χ2v) is 5.27. The van der Waals surface area contributed by atoms with Crippen molar-refractivity contribution in [1.82, 2.24) is 10.2 Å². The SMILES string of the molecule is CCOC(=O)C1CCCN(C(=O)NCC(C)(O)C(=O)O)C1. The van der Waals surface area contributed by atoms with Crippen molar-refractivity contribution < 1.29 is 29.3 Å². The van der Waals surface area contributed by atoms with E-state index in [0.717, 1.165) is 6.92 Å². The standard InChI is InChI=1S/C13H22N2O6/c1-3-21-10(16)9-5-4-6-15(7-9)12(19)14-8-13(2,20)11(17)18/h9,20H,3-8H2,1-2H3,(H,14,19)(H,17,18). The summed E-state index contributed by atoms with van der Waals surface area (Å²) in [6.07, 6.45) is 1.33. The number of aliphatic carboxylic acids is 1. The van der Waals surface area contributed by atoms with Gasteiger partial charge in [-0.05, 0) is 26.7 Å². The molecule has 1 rings (SSSR count). The molecule has 3 N–H and O–H groups in total. The first-order valence-corrected chi connectivity index (χ1v) is 6.93. The van der Waals surface area contributed by atoms with Gasteiger partial charge < -0.3 is 25.2 Å². The molecule has 1 fully saturated rings. The van der Waals surface area contributed by atoms with Crippen molar-refractivity contribution in [3.8, 4) is 0 Å². The fourth-order valence-corrected chi connectivity index (χ4v) is 2.05. The zero-order valence-electron chi connectivity index (χ0n) is 12.3. The predicted molar refractivity (Wildman–Crippen MR) is 72.6 cm³/mol. The van der Waals surface area contributed by atoms with E-state index in [2.05, 4.69) is 5.32 Å². The van der Waals surface area contributed by atoms with Crippen LogP contribution in [0.2, 0.25) is 0 Å². The van der Waals surface area contributed by atoms with E-state index in [9.17, 15) is 19.5 Å². The maximum Gasteiger partial charge on any atom is 0.337 e. The summed E-state index contributed by atoms with van der Waals surface area (Å²) in [7, 11) is 0. The van der Waals surface area contributed by atoms with Crippen LogP contribution >= 0.6 is 0 Å². The average Bonchev–Trinajstić information content (AvgIpc) is 2.45. The number of carboxylic acids is 1. The van der Waals surface area contributed by atoms with Crippen LogP contribution in [0.4, 0.5) is 4.79 Å². The Morgan fingerprint density at radius 2 is 2.10 bits per heavy atom. The van der Waals surface area contributed by atoms with Gasteiger partial charge >= 0.3 is 18.0 Å². The molecule has 0 aromatic rings. The Balaban J connectivity index is 2.51. The average molecular weight is 302 g/mol. The van der Waals surface area contributed by atoms with Crippen LogP contribution < -0.4 is 5.32 Å². The van der Waals surface area contributed by atoms with Gasteiger partial charge in [-0.3, -0.25) is 4.79 Å². The van der Waals surface area contributed by atoms with Crippen molar-refractivity contribution in [1.29, 1.82) is 0 Å². The van der Waals surface area contributed by atoms with Gasteiger partial charge in [-0.25, -0.2) is 9.59 Å². The van der Waals surface area contributed by atoms with Gasteiger partial charge in [0.2, 0.25) is 0 Å². The first-order chi connectivity index (χ1) is 9.77. The van der Waals surface area contributed by atoms with Crippen molar-refractivity contribution in [2.75, 3.05) is 26.2 Å². The van der Waals surface area contributed by atoms with Gasteiger partial charge in [-0.1, -0.05) is 0 Å². The van der Waals surface area contributed by atoms with Crippen molar-refractivity contribution in [3.05, 3.63) is 0 Å². The van der Waals surface area contributed by atoms with Gasteiger partial charge in [0.15, 0.2) is 5.60 Å². The summed E-state index contributed by atoms with van der Waals surface area (Å²) in [6, 6.07) is -0.495. The molecule has 0 aliphatic carbocycles. The van der Waals surface area contributed by atoms with E-state index in [4.69, 9.17) is 9.84 Å². The molecule has 0 spiro atoms. The number of carbonyl (C=O) groups excluding carboxylic acids is 2. The number of aliphatic hydroxyl groups is 1. The quantitative estimate of drug-likeness (QED) is 0.606. The van der Waals surface area contributed by atoms with Crippen LogP contribution in [0.1, 0.15) is 26.7 Å². The second kappa shape index (κ2) is 7.26. The van der Waals surface area contributed by atoms with Crippen molar-refractivity contribution in [2.24, 2.45) is 5.92 Å². The molecule has 0 aromatic carbocycles. The minimum Gasteiger partial charge on any atom is -0.479 e. The smallest absolute Gasteiger partial charge is 0.337 e. The lowest BCUT2D eigenvalue weighted by atomic mass is 9.98. The Morgan fingerprint density at radius 3 is 2.67 bits per heavy atom. The van der Waals surface area contributed by atoms with Crippen molar-refractivity contribution >= 4 is 18.0 Å². The Hall–Kier alpha value is -1.83. The number of nitrogens with one attached hydrogen (secondary N) is 1. The van der Waals surface area contributed by atoms with E-state index in [1.165, 1.54) is 4.90 Å². The molecule has 2 atom stereocenters. The largest absolute Gasteiger partial charge is 0.479 e. The topological polar surface area (TPSA) is 116 Å². The summed E-state index contributed by atoms with van der Waals surface area (Å²) in [5.41, 5.74) is -2.02. The molecule has 0 radical (unpaired) electrons. The lowest BCUT2D eigenvalue weighted by Gasteiger charge is -2.32.